The van der Waals surface area contributed by atoms with Crippen molar-refractivity contribution in [3.63, 3.8) is 0 Å². The lowest BCUT2D eigenvalue weighted by Gasteiger charge is -2.26. The zero-order valence-electron chi connectivity index (χ0n) is 10.7. The highest BCUT2D eigenvalue weighted by Gasteiger charge is 2.12. The fourth-order valence-electron chi connectivity index (χ4n) is 1.66. The lowest BCUT2D eigenvalue weighted by Crippen LogP contribution is -2.33. The summed E-state index contributed by atoms with van der Waals surface area (Å²) < 4.78 is 18.2. The highest BCUT2D eigenvalue weighted by atomic mass is 19.1. The van der Waals surface area contributed by atoms with Crippen molar-refractivity contribution in [2.45, 2.75) is 26.4 Å². The number of nitrogens with two attached hydrogens (primary N) is 1. The molecule has 1 aromatic rings. The summed E-state index contributed by atoms with van der Waals surface area (Å²) in [6.45, 7) is 6.32. The van der Waals surface area contributed by atoms with E-state index < -0.39 is 0 Å². The number of nitrogen functional groups attached to an aromatic ring is 1. The SMILES string of the molecule is COCCN(Cc1cc(F)ccc1N)C(C)C. The first-order chi connectivity index (χ1) is 8.04. The van der Waals surface area contributed by atoms with E-state index in [-0.39, 0.29) is 5.82 Å². The van der Waals surface area contributed by atoms with Crippen LogP contribution in [-0.2, 0) is 11.3 Å². The topological polar surface area (TPSA) is 38.5 Å². The Morgan fingerprint density at radius 3 is 2.71 bits per heavy atom. The van der Waals surface area contributed by atoms with E-state index in [0.717, 1.165) is 12.1 Å². The van der Waals surface area contributed by atoms with Gasteiger partial charge in [0.15, 0.2) is 0 Å². The number of methoxy groups -OCH3 is 1. The van der Waals surface area contributed by atoms with E-state index in [1.54, 1.807) is 13.2 Å². The Morgan fingerprint density at radius 1 is 1.41 bits per heavy atom. The predicted molar refractivity (Wildman–Crippen MR) is 68.2 cm³/mol. The van der Waals surface area contributed by atoms with Crippen LogP contribution in [0.3, 0.4) is 0 Å². The predicted octanol–water partition coefficient (Wildman–Crippen LogP) is 2.26. The van der Waals surface area contributed by atoms with Gasteiger partial charge in [0, 0.05) is 31.9 Å². The molecule has 1 aromatic carbocycles. The van der Waals surface area contributed by atoms with E-state index in [1.165, 1.54) is 12.1 Å². The van der Waals surface area contributed by atoms with E-state index in [2.05, 4.69) is 18.7 Å². The summed E-state index contributed by atoms with van der Waals surface area (Å²) >= 11 is 0. The van der Waals surface area contributed by atoms with Crippen LogP contribution in [0.1, 0.15) is 19.4 Å². The van der Waals surface area contributed by atoms with E-state index in [0.29, 0.717) is 24.9 Å². The molecule has 3 nitrogen and oxygen atoms in total. The van der Waals surface area contributed by atoms with Crippen molar-refractivity contribution in [3.05, 3.63) is 29.6 Å². The third-order valence-electron chi connectivity index (χ3n) is 2.79. The van der Waals surface area contributed by atoms with Crippen LogP contribution >= 0.6 is 0 Å². The quantitative estimate of drug-likeness (QED) is 0.775. The molecule has 0 aromatic heterocycles. The standard InChI is InChI=1S/C13H21FN2O/c1-10(2)16(6-7-17-3)9-11-8-12(14)4-5-13(11)15/h4-5,8,10H,6-7,9,15H2,1-3H3. The van der Waals surface area contributed by atoms with Gasteiger partial charge in [-0.3, -0.25) is 4.90 Å². The molecule has 0 fully saturated rings. The molecule has 4 heteroatoms. The number of hydrogen-bond donors (Lipinski definition) is 1. The van der Waals surface area contributed by atoms with Gasteiger partial charge in [0.25, 0.3) is 0 Å². The van der Waals surface area contributed by atoms with Gasteiger partial charge >= 0.3 is 0 Å². The van der Waals surface area contributed by atoms with Crippen molar-refractivity contribution >= 4 is 5.69 Å². The molecule has 0 atom stereocenters. The Bertz CT molecular complexity index is 355. The molecule has 0 amide bonds. The molecule has 0 heterocycles. The number of anilines is 1. The largest absolute Gasteiger partial charge is 0.398 e. The fraction of sp³-hybridized carbons (Fsp3) is 0.538. The third kappa shape index (κ3) is 4.32. The second-order valence-electron chi connectivity index (χ2n) is 4.40. The van der Waals surface area contributed by atoms with Gasteiger partial charge in [-0.2, -0.15) is 0 Å². The lowest BCUT2D eigenvalue weighted by molar-refractivity contribution is 0.125. The average Bonchev–Trinajstić information content (AvgIpc) is 2.28. The molecule has 2 N–H and O–H groups in total. The minimum Gasteiger partial charge on any atom is -0.398 e. The molecular weight excluding hydrogens is 219 g/mol. The van der Waals surface area contributed by atoms with Gasteiger partial charge in [-0.1, -0.05) is 0 Å². The molecule has 1 rings (SSSR count). The summed E-state index contributed by atoms with van der Waals surface area (Å²) in [4.78, 5) is 2.20. The molecular formula is C13H21FN2O. The van der Waals surface area contributed by atoms with E-state index in [4.69, 9.17) is 10.5 Å². The fourth-order valence-corrected chi connectivity index (χ4v) is 1.66. The maximum atomic E-state index is 13.2. The minimum absolute atomic E-state index is 0.246. The number of halogens is 1. The van der Waals surface area contributed by atoms with Crippen molar-refractivity contribution in [2.75, 3.05) is 26.0 Å². The van der Waals surface area contributed by atoms with Crippen LogP contribution in [-0.4, -0.2) is 31.2 Å². The van der Waals surface area contributed by atoms with Crippen LogP contribution < -0.4 is 5.73 Å². The second kappa shape index (κ2) is 6.57. The monoisotopic (exact) mass is 240 g/mol. The molecule has 0 aliphatic heterocycles. The van der Waals surface area contributed by atoms with Gasteiger partial charge < -0.3 is 10.5 Å². The Balaban J connectivity index is 2.74. The summed E-state index contributed by atoms with van der Waals surface area (Å²) in [6, 6.07) is 4.86. The molecule has 0 spiro atoms. The Labute approximate surface area is 102 Å². The highest BCUT2D eigenvalue weighted by molar-refractivity contribution is 5.46. The van der Waals surface area contributed by atoms with E-state index in [1.807, 2.05) is 0 Å². The van der Waals surface area contributed by atoms with Crippen LogP contribution in [0.25, 0.3) is 0 Å². The maximum Gasteiger partial charge on any atom is 0.123 e. The summed E-state index contributed by atoms with van der Waals surface area (Å²) in [6.07, 6.45) is 0. The molecule has 0 bridgehead atoms. The van der Waals surface area contributed by atoms with E-state index >= 15 is 0 Å². The molecule has 17 heavy (non-hydrogen) atoms. The number of hydrogen-bond acceptors (Lipinski definition) is 3. The molecule has 0 aliphatic carbocycles. The lowest BCUT2D eigenvalue weighted by atomic mass is 10.1. The molecule has 0 radical (unpaired) electrons. The van der Waals surface area contributed by atoms with E-state index in [9.17, 15) is 4.39 Å². The second-order valence-corrected chi connectivity index (χ2v) is 4.40. The Kier molecular flexibility index (Phi) is 5.38. The maximum absolute atomic E-state index is 13.2. The number of nitrogens with zero attached hydrogens (tertiary/aromatic N) is 1. The van der Waals surface area contributed by atoms with Gasteiger partial charge in [0.1, 0.15) is 5.82 Å². The van der Waals surface area contributed by atoms with Crippen molar-refractivity contribution in [1.82, 2.24) is 4.90 Å². The zero-order chi connectivity index (χ0) is 12.8. The number of rotatable bonds is 6. The van der Waals surface area contributed by atoms with Crippen LogP contribution in [0.2, 0.25) is 0 Å². The first-order valence-electron chi connectivity index (χ1n) is 5.81. The molecule has 0 saturated carbocycles. The summed E-state index contributed by atoms with van der Waals surface area (Å²) in [5.74, 6) is -0.246. The molecule has 0 saturated heterocycles. The molecule has 96 valence electrons. The Morgan fingerprint density at radius 2 is 2.12 bits per heavy atom. The van der Waals surface area contributed by atoms with Gasteiger partial charge in [-0.15, -0.1) is 0 Å². The van der Waals surface area contributed by atoms with Crippen LogP contribution in [0.4, 0.5) is 10.1 Å². The zero-order valence-corrected chi connectivity index (χ0v) is 10.7. The van der Waals surface area contributed by atoms with Gasteiger partial charge in [0.05, 0.1) is 6.61 Å². The highest BCUT2D eigenvalue weighted by Crippen LogP contribution is 2.16. The van der Waals surface area contributed by atoms with Crippen molar-refractivity contribution in [3.8, 4) is 0 Å². The van der Waals surface area contributed by atoms with Crippen LogP contribution in [0, 0.1) is 5.82 Å². The van der Waals surface area contributed by atoms with Gasteiger partial charge in [-0.05, 0) is 37.6 Å². The summed E-state index contributed by atoms with van der Waals surface area (Å²) in [7, 11) is 1.68. The van der Waals surface area contributed by atoms with Crippen LogP contribution in [0.15, 0.2) is 18.2 Å². The number of benzene rings is 1. The minimum atomic E-state index is -0.246. The summed E-state index contributed by atoms with van der Waals surface area (Å²) in [5, 5.41) is 0. The third-order valence-corrected chi connectivity index (χ3v) is 2.79. The van der Waals surface area contributed by atoms with Crippen molar-refractivity contribution in [2.24, 2.45) is 0 Å². The Hall–Kier alpha value is -1.13. The van der Waals surface area contributed by atoms with Gasteiger partial charge in [-0.25, -0.2) is 4.39 Å². The normalized spacial score (nSPS) is 11.4. The molecule has 0 unspecified atom stereocenters. The first kappa shape index (κ1) is 13.9. The molecule has 0 aliphatic rings. The summed E-state index contributed by atoms with van der Waals surface area (Å²) in [5.41, 5.74) is 7.30. The average molecular weight is 240 g/mol. The smallest absolute Gasteiger partial charge is 0.123 e. The number of ether oxygens (including phenoxy) is 1. The van der Waals surface area contributed by atoms with Gasteiger partial charge in [0.2, 0.25) is 0 Å². The van der Waals surface area contributed by atoms with Crippen LogP contribution in [0.5, 0.6) is 0 Å². The van der Waals surface area contributed by atoms with Crippen molar-refractivity contribution in [1.29, 1.82) is 0 Å². The first-order valence-corrected chi connectivity index (χ1v) is 5.81. The van der Waals surface area contributed by atoms with Crippen molar-refractivity contribution < 1.29 is 9.13 Å².